The van der Waals surface area contributed by atoms with E-state index in [-0.39, 0.29) is 17.6 Å². The number of hydrogen-bond acceptors (Lipinski definition) is 6. The molecule has 9 heteroatoms. The molecule has 1 saturated heterocycles. The Labute approximate surface area is 206 Å². The van der Waals surface area contributed by atoms with Crippen molar-refractivity contribution in [2.45, 2.75) is 19.0 Å². The summed E-state index contributed by atoms with van der Waals surface area (Å²) in [5.74, 6) is 0.488. The van der Waals surface area contributed by atoms with Crippen molar-refractivity contribution in [3.8, 4) is 22.5 Å². The molecule has 33 heavy (non-hydrogen) atoms. The molecule has 2 amide bonds. The van der Waals surface area contributed by atoms with E-state index in [4.69, 9.17) is 17.2 Å². The average molecular weight is 497 g/mol. The van der Waals surface area contributed by atoms with E-state index >= 15 is 0 Å². The number of nitrogens with one attached hydrogen (secondary N) is 2. The molecule has 0 spiro atoms. The van der Waals surface area contributed by atoms with Crippen LogP contribution < -0.4 is 5.32 Å². The van der Waals surface area contributed by atoms with Crippen LogP contribution in [0.1, 0.15) is 11.1 Å². The summed E-state index contributed by atoms with van der Waals surface area (Å²) in [6.07, 6.45) is 0. The minimum absolute atomic E-state index is 0.00326. The van der Waals surface area contributed by atoms with Crippen molar-refractivity contribution in [1.29, 1.82) is 0 Å². The van der Waals surface area contributed by atoms with Crippen LogP contribution in [0.3, 0.4) is 0 Å². The van der Waals surface area contributed by atoms with Gasteiger partial charge in [0.25, 0.3) is 0 Å². The van der Waals surface area contributed by atoms with Gasteiger partial charge in [-0.3, -0.25) is 14.5 Å². The van der Waals surface area contributed by atoms with E-state index in [0.29, 0.717) is 28.3 Å². The van der Waals surface area contributed by atoms with Crippen LogP contribution >= 0.6 is 35.7 Å². The van der Waals surface area contributed by atoms with E-state index in [1.807, 2.05) is 0 Å². The van der Waals surface area contributed by atoms with Crippen molar-refractivity contribution in [2.75, 3.05) is 24.6 Å². The smallest absolute Gasteiger partial charge is 0.238 e. The number of imidazole rings is 1. The highest BCUT2D eigenvalue weighted by molar-refractivity contribution is 8.23. The van der Waals surface area contributed by atoms with Gasteiger partial charge in [-0.1, -0.05) is 95.4 Å². The predicted molar refractivity (Wildman–Crippen MR) is 139 cm³/mol. The van der Waals surface area contributed by atoms with E-state index in [1.165, 1.54) is 34.7 Å². The molecule has 4 rings (SSSR count). The maximum atomic E-state index is 12.3. The number of carbonyl (C=O) groups excluding carboxylic acids is 2. The lowest BCUT2D eigenvalue weighted by atomic mass is 10.0. The Morgan fingerprint density at radius 2 is 1.76 bits per heavy atom. The van der Waals surface area contributed by atoms with Gasteiger partial charge in [-0.2, -0.15) is 0 Å². The second-order valence-electron chi connectivity index (χ2n) is 7.74. The topological polar surface area (TPSA) is 78.1 Å². The molecule has 0 atom stereocenters. The number of rotatable bonds is 8. The van der Waals surface area contributed by atoms with Crippen molar-refractivity contribution in [2.24, 2.45) is 0 Å². The number of amides is 2. The van der Waals surface area contributed by atoms with Crippen LogP contribution in [-0.2, 0) is 9.59 Å². The number of aromatic amines is 1. The second-order valence-corrected chi connectivity index (χ2v) is 10.3. The van der Waals surface area contributed by atoms with E-state index in [0.717, 1.165) is 22.5 Å². The Bertz CT molecular complexity index is 1090. The first-order chi connectivity index (χ1) is 15.9. The number of hydrogen-bond donors (Lipinski definition) is 2. The van der Waals surface area contributed by atoms with Gasteiger partial charge in [-0.05, 0) is 13.8 Å². The number of aromatic nitrogens is 2. The summed E-state index contributed by atoms with van der Waals surface area (Å²) >= 11 is 7.87. The van der Waals surface area contributed by atoms with E-state index in [9.17, 15) is 9.59 Å². The summed E-state index contributed by atoms with van der Waals surface area (Å²) in [6, 6.07) is 16.6. The van der Waals surface area contributed by atoms with E-state index in [2.05, 4.69) is 72.7 Å². The zero-order valence-corrected chi connectivity index (χ0v) is 20.8. The highest BCUT2D eigenvalue weighted by Gasteiger charge is 2.26. The zero-order chi connectivity index (χ0) is 23.4. The highest BCUT2D eigenvalue weighted by Crippen LogP contribution is 2.33. The first kappa shape index (κ1) is 23.5. The molecule has 2 aromatic carbocycles. The largest absolute Gasteiger partial charge is 0.354 e. The molecule has 2 N–H and O–H groups in total. The standard InChI is InChI=1S/C24H24N4O2S3/c1-15-3-7-17(8-4-15)21-22(18-9-5-16(2)6-10-18)27-23(26-21)32-13-19(29)25-11-12-28-20(30)14-33-24(28)31/h3-10H,11-14H2,1-2H3,(H,25,29)(H,26,27). The van der Waals surface area contributed by atoms with Crippen molar-refractivity contribution in [3.63, 3.8) is 0 Å². The van der Waals surface area contributed by atoms with Gasteiger partial charge >= 0.3 is 0 Å². The van der Waals surface area contributed by atoms with Crippen LogP contribution in [0.4, 0.5) is 0 Å². The van der Waals surface area contributed by atoms with Crippen molar-refractivity contribution < 1.29 is 9.59 Å². The number of thioether (sulfide) groups is 2. The molecule has 1 aromatic heterocycles. The molecule has 0 bridgehead atoms. The monoisotopic (exact) mass is 496 g/mol. The lowest BCUT2D eigenvalue weighted by Crippen LogP contribution is -2.37. The van der Waals surface area contributed by atoms with Gasteiger partial charge in [0.1, 0.15) is 4.32 Å². The van der Waals surface area contributed by atoms with Gasteiger partial charge in [0.2, 0.25) is 11.8 Å². The normalized spacial score (nSPS) is 13.6. The molecule has 6 nitrogen and oxygen atoms in total. The molecule has 0 unspecified atom stereocenters. The minimum Gasteiger partial charge on any atom is -0.354 e. The van der Waals surface area contributed by atoms with Crippen LogP contribution in [0.25, 0.3) is 22.5 Å². The fourth-order valence-electron chi connectivity index (χ4n) is 3.36. The number of benzene rings is 2. The highest BCUT2D eigenvalue weighted by atomic mass is 32.2. The third kappa shape index (κ3) is 5.85. The summed E-state index contributed by atoms with van der Waals surface area (Å²) in [4.78, 5) is 33.8. The third-order valence-electron chi connectivity index (χ3n) is 5.19. The fourth-order valence-corrected chi connectivity index (χ4v) is 5.18. The zero-order valence-electron chi connectivity index (χ0n) is 18.4. The molecule has 2 heterocycles. The first-order valence-electron chi connectivity index (χ1n) is 10.5. The van der Waals surface area contributed by atoms with Crippen LogP contribution in [-0.4, -0.2) is 55.6 Å². The third-order valence-corrected chi connectivity index (χ3v) is 7.49. The lowest BCUT2D eigenvalue weighted by molar-refractivity contribution is -0.124. The first-order valence-corrected chi connectivity index (χ1v) is 12.9. The van der Waals surface area contributed by atoms with Gasteiger partial charge in [0.05, 0.1) is 22.9 Å². The molecular weight excluding hydrogens is 472 g/mol. The fraction of sp³-hybridized carbons (Fsp3) is 0.250. The van der Waals surface area contributed by atoms with Gasteiger partial charge in [0.15, 0.2) is 5.16 Å². The number of H-pyrrole nitrogens is 1. The molecule has 1 aliphatic heterocycles. The van der Waals surface area contributed by atoms with Gasteiger partial charge in [0, 0.05) is 24.2 Å². The Balaban J connectivity index is 1.43. The Morgan fingerprint density at radius 1 is 1.12 bits per heavy atom. The summed E-state index contributed by atoms with van der Waals surface area (Å²) in [5, 5.41) is 3.54. The predicted octanol–water partition coefficient (Wildman–Crippen LogP) is 4.43. The average Bonchev–Trinajstić information content (AvgIpc) is 3.37. The summed E-state index contributed by atoms with van der Waals surface area (Å²) in [7, 11) is 0. The second kappa shape index (κ2) is 10.5. The molecule has 170 valence electrons. The van der Waals surface area contributed by atoms with E-state index < -0.39 is 0 Å². The van der Waals surface area contributed by atoms with Crippen LogP contribution in [0, 0.1) is 13.8 Å². The van der Waals surface area contributed by atoms with Crippen molar-refractivity contribution in [3.05, 3.63) is 59.7 Å². The molecule has 0 radical (unpaired) electrons. The van der Waals surface area contributed by atoms with Crippen molar-refractivity contribution >= 4 is 51.9 Å². The van der Waals surface area contributed by atoms with Crippen molar-refractivity contribution in [1.82, 2.24) is 20.2 Å². The van der Waals surface area contributed by atoms with Gasteiger partial charge < -0.3 is 10.3 Å². The van der Waals surface area contributed by atoms with Gasteiger partial charge in [-0.25, -0.2) is 4.98 Å². The Morgan fingerprint density at radius 3 is 2.36 bits per heavy atom. The number of aryl methyl sites for hydroxylation is 2. The molecule has 0 aliphatic carbocycles. The molecule has 0 saturated carbocycles. The maximum Gasteiger partial charge on any atom is 0.238 e. The van der Waals surface area contributed by atoms with Crippen LogP contribution in [0.2, 0.25) is 0 Å². The molecule has 3 aromatic rings. The summed E-state index contributed by atoms with van der Waals surface area (Å²) < 4.78 is 0.575. The number of thiocarbonyl (C=S) groups is 1. The number of carbonyl (C=O) groups is 2. The Hall–Kier alpha value is -2.62. The molecular formula is C24H24N4O2S3. The maximum absolute atomic E-state index is 12.3. The van der Waals surface area contributed by atoms with Crippen LogP contribution in [0.15, 0.2) is 53.7 Å². The molecule has 1 aliphatic rings. The van der Waals surface area contributed by atoms with Gasteiger partial charge in [-0.15, -0.1) is 0 Å². The quantitative estimate of drug-likeness (QED) is 0.355. The van der Waals surface area contributed by atoms with E-state index in [1.54, 1.807) is 4.90 Å². The SMILES string of the molecule is Cc1ccc(-c2nc(SCC(=O)NCCN3C(=O)CSC3=S)[nH]c2-c2ccc(C)cc2)cc1. The van der Waals surface area contributed by atoms with Crippen LogP contribution in [0.5, 0.6) is 0 Å². The minimum atomic E-state index is -0.115. The summed E-state index contributed by atoms with van der Waals surface area (Å²) in [5.41, 5.74) is 6.24. The molecule has 1 fully saturated rings. The number of nitrogens with zero attached hydrogens (tertiary/aromatic N) is 2. The Kier molecular flexibility index (Phi) is 7.52. The lowest BCUT2D eigenvalue weighted by Gasteiger charge is -2.14. The summed E-state index contributed by atoms with van der Waals surface area (Å²) in [6.45, 7) is 4.88.